The third-order valence-corrected chi connectivity index (χ3v) is 1.99. The van der Waals surface area contributed by atoms with Crippen LogP contribution in [0.4, 0.5) is 0 Å². The molecule has 0 radical (unpaired) electrons. The standard InChI is InChI=1S/C7H14N2O/c1-6-4-7(2)9(5-10)8(6)3/h4,6,10H,5H2,1-3H3. The molecule has 58 valence electrons. The van der Waals surface area contributed by atoms with E-state index in [1.807, 2.05) is 24.0 Å². The Kier molecular flexibility index (Phi) is 1.97. The maximum Gasteiger partial charge on any atom is 0.130 e. The third kappa shape index (κ3) is 1.02. The fraction of sp³-hybridized carbons (Fsp3) is 0.714. The first kappa shape index (κ1) is 7.57. The lowest BCUT2D eigenvalue weighted by molar-refractivity contribution is -0.0285. The molecule has 1 atom stereocenters. The Morgan fingerprint density at radius 3 is 2.50 bits per heavy atom. The minimum Gasteiger partial charge on any atom is -0.375 e. The van der Waals surface area contributed by atoms with Crippen LogP contribution in [-0.2, 0) is 0 Å². The van der Waals surface area contributed by atoms with Crippen LogP contribution in [-0.4, -0.2) is 34.9 Å². The molecule has 10 heavy (non-hydrogen) atoms. The Hall–Kier alpha value is -0.540. The van der Waals surface area contributed by atoms with E-state index in [2.05, 4.69) is 13.0 Å². The predicted octanol–water partition coefficient (Wildman–Crippen LogP) is 0.391. The zero-order valence-corrected chi connectivity index (χ0v) is 6.70. The van der Waals surface area contributed by atoms with E-state index >= 15 is 0 Å². The van der Waals surface area contributed by atoms with E-state index in [0.717, 1.165) is 5.70 Å². The summed E-state index contributed by atoms with van der Waals surface area (Å²) in [5.74, 6) is 0. The van der Waals surface area contributed by atoms with Crippen LogP contribution in [0.1, 0.15) is 13.8 Å². The smallest absolute Gasteiger partial charge is 0.130 e. The molecule has 1 aliphatic heterocycles. The van der Waals surface area contributed by atoms with Gasteiger partial charge >= 0.3 is 0 Å². The van der Waals surface area contributed by atoms with Crippen LogP contribution in [0.2, 0.25) is 0 Å². The molecule has 0 aromatic rings. The Labute approximate surface area is 61.5 Å². The summed E-state index contributed by atoms with van der Waals surface area (Å²) >= 11 is 0. The summed E-state index contributed by atoms with van der Waals surface area (Å²) in [5.41, 5.74) is 1.12. The minimum absolute atomic E-state index is 0.0726. The van der Waals surface area contributed by atoms with Crippen molar-refractivity contribution in [1.82, 2.24) is 10.0 Å². The van der Waals surface area contributed by atoms with Crippen molar-refractivity contribution >= 4 is 0 Å². The van der Waals surface area contributed by atoms with Crippen LogP contribution in [0.25, 0.3) is 0 Å². The molecular weight excluding hydrogens is 128 g/mol. The highest BCUT2D eigenvalue weighted by molar-refractivity contribution is 5.07. The topological polar surface area (TPSA) is 26.7 Å². The first-order valence-corrected chi connectivity index (χ1v) is 3.46. The molecule has 0 spiro atoms. The molecule has 0 aromatic heterocycles. The lowest BCUT2D eigenvalue weighted by Gasteiger charge is -2.28. The molecule has 0 saturated heterocycles. The van der Waals surface area contributed by atoms with Crippen molar-refractivity contribution in [2.75, 3.05) is 13.8 Å². The van der Waals surface area contributed by atoms with E-state index in [-0.39, 0.29) is 6.73 Å². The SMILES string of the molecule is CC1=CC(C)N(C)N1CO. The fourth-order valence-electron chi connectivity index (χ4n) is 1.22. The molecule has 0 amide bonds. The highest BCUT2D eigenvalue weighted by Crippen LogP contribution is 2.18. The number of hydrazine groups is 1. The van der Waals surface area contributed by atoms with Crippen LogP contribution in [0, 0.1) is 0 Å². The molecule has 3 nitrogen and oxygen atoms in total. The monoisotopic (exact) mass is 142 g/mol. The zero-order valence-electron chi connectivity index (χ0n) is 6.70. The van der Waals surface area contributed by atoms with E-state index in [1.54, 1.807) is 0 Å². The van der Waals surface area contributed by atoms with Gasteiger partial charge in [-0.15, -0.1) is 0 Å². The largest absolute Gasteiger partial charge is 0.375 e. The quantitative estimate of drug-likeness (QED) is 0.573. The lowest BCUT2D eigenvalue weighted by Crippen LogP contribution is -2.38. The van der Waals surface area contributed by atoms with Gasteiger partial charge in [-0.2, -0.15) is 0 Å². The number of rotatable bonds is 1. The average molecular weight is 142 g/mol. The average Bonchev–Trinajstić information content (AvgIpc) is 2.09. The Bertz CT molecular complexity index is 156. The van der Waals surface area contributed by atoms with Crippen LogP contribution < -0.4 is 0 Å². The number of hydrogen-bond acceptors (Lipinski definition) is 3. The van der Waals surface area contributed by atoms with Crippen LogP contribution >= 0.6 is 0 Å². The van der Waals surface area contributed by atoms with Gasteiger partial charge in [-0.1, -0.05) is 0 Å². The summed E-state index contributed by atoms with van der Waals surface area (Å²) in [4.78, 5) is 0. The fourth-order valence-corrected chi connectivity index (χ4v) is 1.22. The maximum absolute atomic E-state index is 8.87. The highest BCUT2D eigenvalue weighted by atomic mass is 16.3. The van der Waals surface area contributed by atoms with Crippen molar-refractivity contribution < 1.29 is 5.11 Å². The molecule has 0 fully saturated rings. The van der Waals surface area contributed by atoms with Crippen molar-refractivity contribution in [3.63, 3.8) is 0 Å². The van der Waals surface area contributed by atoms with Gasteiger partial charge in [0.25, 0.3) is 0 Å². The second-order valence-corrected chi connectivity index (χ2v) is 2.66. The molecule has 1 aliphatic rings. The molecule has 1 rings (SSSR count). The van der Waals surface area contributed by atoms with Crippen molar-refractivity contribution in [2.45, 2.75) is 19.9 Å². The van der Waals surface area contributed by atoms with Gasteiger partial charge in [0, 0.05) is 18.8 Å². The molecule has 0 saturated carbocycles. The van der Waals surface area contributed by atoms with Gasteiger partial charge in [-0.25, -0.2) is 5.01 Å². The second kappa shape index (κ2) is 2.60. The molecule has 1 N–H and O–H groups in total. The zero-order chi connectivity index (χ0) is 7.72. The van der Waals surface area contributed by atoms with Crippen molar-refractivity contribution in [2.24, 2.45) is 0 Å². The van der Waals surface area contributed by atoms with Gasteiger partial charge in [0.2, 0.25) is 0 Å². The summed E-state index contributed by atoms with van der Waals surface area (Å²) < 4.78 is 0. The summed E-state index contributed by atoms with van der Waals surface area (Å²) in [7, 11) is 1.97. The van der Waals surface area contributed by atoms with Gasteiger partial charge in [0.15, 0.2) is 0 Å². The molecule has 1 unspecified atom stereocenters. The van der Waals surface area contributed by atoms with Gasteiger partial charge in [0.1, 0.15) is 6.73 Å². The van der Waals surface area contributed by atoms with E-state index < -0.39 is 0 Å². The van der Waals surface area contributed by atoms with Gasteiger partial charge in [-0.3, -0.25) is 5.01 Å². The summed E-state index contributed by atoms with van der Waals surface area (Å²) in [6.45, 7) is 4.17. The Balaban J connectivity index is 2.68. The highest BCUT2D eigenvalue weighted by Gasteiger charge is 2.21. The van der Waals surface area contributed by atoms with E-state index in [9.17, 15) is 0 Å². The number of aliphatic hydroxyl groups is 1. The molecule has 0 aromatic carbocycles. The number of aliphatic hydroxyl groups excluding tert-OH is 1. The van der Waals surface area contributed by atoms with E-state index in [1.165, 1.54) is 0 Å². The van der Waals surface area contributed by atoms with Crippen LogP contribution in [0.5, 0.6) is 0 Å². The van der Waals surface area contributed by atoms with Crippen LogP contribution in [0.3, 0.4) is 0 Å². The normalized spacial score (nSPS) is 27.4. The minimum atomic E-state index is 0.0726. The van der Waals surface area contributed by atoms with Crippen LogP contribution in [0.15, 0.2) is 11.8 Å². The first-order chi connectivity index (χ1) is 4.66. The van der Waals surface area contributed by atoms with E-state index in [0.29, 0.717) is 6.04 Å². The van der Waals surface area contributed by atoms with Crippen molar-refractivity contribution in [3.05, 3.63) is 11.8 Å². The number of hydrogen-bond donors (Lipinski definition) is 1. The lowest BCUT2D eigenvalue weighted by atomic mass is 10.3. The number of likely N-dealkylation sites (N-methyl/N-ethyl adjacent to an activating group) is 1. The number of nitrogens with zero attached hydrogens (tertiary/aromatic N) is 2. The number of allylic oxidation sites excluding steroid dienone is 1. The van der Waals surface area contributed by atoms with Gasteiger partial charge in [-0.05, 0) is 19.9 Å². The molecule has 3 heteroatoms. The Morgan fingerprint density at radius 1 is 1.70 bits per heavy atom. The second-order valence-electron chi connectivity index (χ2n) is 2.66. The summed E-state index contributed by atoms with van der Waals surface area (Å²) in [6.07, 6.45) is 2.12. The maximum atomic E-state index is 8.87. The third-order valence-electron chi connectivity index (χ3n) is 1.99. The summed E-state index contributed by atoms with van der Waals surface area (Å²) in [6, 6.07) is 0.409. The molecular formula is C7H14N2O. The first-order valence-electron chi connectivity index (χ1n) is 3.46. The molecule has 0 aliphatic carbocycles. The van der Waals surface area contributed by atoms with E-state index in [4.69, 9.17) is 5.11 Å². The Morgan fingerprint density at radius 2 is 2.30 bits per heavy atom. The van der Waals surface area contributed by atoms with Gasteiger partial charge < -0.3 is 5.11 Å². The summed E-state index contributed by atoms with van der Waals surface area (Å²) in [5, 5.41) is 12.7. The predicted molar refractivity (Wildman–Crippen MR) is 39.9 cm³/mol. The van der Waals surface area contributed by atoms with Crippen molar-refractivity contribution in [1.29, 1.82) is 0 Å². The van der Waals surface area contributed by atoms with Crippen molar-refractivity contribution in [3.8, 4) is 0 Å². The molecule has 0 bridgehead atoms. The van der Waals surface area contributed by atoms with Gasteiger partial charge in [0.05, 0.1) is 0 Å². The molecule has 1 heterocycles.